The summed E-state index contributed by atoms with van der Waals surface area (Å²) in [4.78, 5) is 33.6. The molecular weight excluding hydrogens is 258 g/mol. The van der Waals surface area contributed by atoms with Crippen LogP contribution >= 0.6 is 0 Å². The molecule has 1 aromatic rings. The Morgan fingerprint density at radius 2 is 1.70 bits per heavy atom. The quantitative estimate of drug-likeness (QED) is 0.826. The molecule has 0 radical (unpaired) electrons. The van der Waals surface area contributed by atoms with Gasteiger partial charge in [-0.05, 0) is 25.1 Å². The molecule has 0 spiro atoms. The fourth-order valence-corrected chi connectivity index (χ4v) is 1.46. The number of rotatable bonds is 6. The highest BCUT2D eigenvalue weighted by atomic mass is 16.2. The third-order valence-corrected chi connectivity index (χ3v) is 2.37. The predicted octanol–water partition coefficient (Wildman–Crippen LogP) is 1.85. The lowest BCUT2D eigenvalue weighted by Gasteiger charge is -2.07. The molecule has 1 rings (SSSR count). The van der Waals surface area contributed by atoms with Crippen molar-refractivity contribution < 1.29 is 14.4 Å². The van der Waals surface area contributed by atoms with Crippen LogP contribution in [0.15, 0.2) is 24.3 Å². The van der Waals surface area contributed by atoms with Crippen LogP contribution in [0, 0.1) is 11.3 Å². The van der Waals surface area contributed by atoms with E-state index in [-0.39, 0.29) is 31.0 Å². The zero-order chi connectivity index (χ0) is 15.0. The number of carbonyl (C=O) groups excluding carboxylic acids is 3. The van der Waals surface area contributed by atoms with Gasteiger partial charge >= 0.3 is 0 Å². The highest BCUT2D eigenvalue weighted by Crippen LogP contribution is 2.15. The zero-order valence-corrected chi connectivity index (χ0v) is 11.1. The Morgan fingerprint density at radius 3 is 2.25 bits per heavy atom. The molecule has 0 aliphatic carbocycles. The lowest BCUT2D eigenvalue weighted by molar-refractivity contribution is -0.121. The van der Waals surface area contributed by atoms with E-state index in [0.29, 0.717) is 11.4 Å². The molecule has 0 aromatic heterocycles. The zero-order valence-electron chi connectivity index (χ0n) is 11.1. The summed E-state index contributed by atoms with van der Waals surface area (Å²) in [6, 6.07) is 8.33. The molecule has 104 valence electrons. The van der Waals surface area contributed by atoms with Crippen LogP contribution < -0.4 is 10.6 Å². The van der Waals surface area contributed by atoms with Crippen molar-refractivity contribution in [1.82, 2.24) is 0 Å². The van der Waals surface area contributed by atoms with Crippen molar-refractivity contribution in [2.45, 2.75) is 26.2 Å². The Bertz CT molecular complexity index is 561. The Labute approximate surface area is 116 Å². The summed E-state index contributed by atoms with van der Waals surface area (Å²) in [6.45, 7) is 1.43. The second-order valence-electron chi connectivity index (χ2n) is 4.21. The van der Waals surface area contributed by atoms with Crippen molar-refractivity contribution in [1.29, 1.82) is 5.26 Å². The monoisotopic (exact) mass is 273 g/mol. The Morgan fingerprint density at radius 1 is 1.10 bits per heavy atom. The van der Waals surface area contributed by atoms with Gasteiger partial charge in [0.1, 0.15) is 12.2 Å². The number of nitrogens with zero attached hydrogens (tertiary/aromatic N) is 1. The van der Waals surface area contributed by atoms with E-state index in [1.165, 1.54) is 6.92 Å². The number of amides is 2. The highest BCUT2D eigenvalue weighted by molar-refractivity contribution is 5.95. The van der Waals surface area contributed by atoms with Crippen molar-refractivity contribution in [2.24, 2.45) is 0 Å². The van der Waals surface area contributed by atoms with Crippen LogP contribution in [0.5, 0.6) is 0 Å². The molecule has 0 saturated heterocycles. The molecule has 6 heteroatoms. The fourth-order valence-electron chi connectivity index (χ4n) is 1.46. The van der Waals surface area contributed by atoms with Crippen LogP contribution in [0.1, 0.15) is 26.2 Å². The van der Waals surface area contributed by atoms with E-state index in [1.54, 1.807) is 30.3 Å². The number of Topliss-reactive ketones (excluding diaryl/α,β-unsaturated/α-hetero) is 1. The van der Waals surface area contributed by atoms with Crippen molar-refractivity contribution >= 4 is 29.0 Å². The minimum absolute atomic E-state index is 0.0438. The maximum atomic E-state index is 11.6. The average Bonchev–Trinajstić information content (AvgIpc) is 2.37. The van der Waals surface area contributed by atoms with E-state index in [0.717, 1.165) is 0 Å². The van der Waals surface area contributed by atoms with Gasteiger partial charge in [-0.1, -0.05) is 6.07 Å². The number of hydrogen-bond acceptors (Lipinski definition) is 4. The van der Waals surface area contributed by atoms with Crippen LogP contribution in [0.4, 0.5) is 11.4 Å². The van der Waals surface area contributed by atoms with E-state index < -0.39 is 5.91 Å². The molecule has 0 aliphatic rings. The van der Waals surface area contributed by atoms with Crippen LogP contribution in [-0.2, 0) is 14.4 Å². The molecule has 0 heterocycles. The molecule has 0 unspecified atom stereocenters. The van der Waals surface area contributed by atoms with Crippen molar-refractivity contribution in [2.75, 3.05) is 10.6 Å². The van der Waals surface area contributed by atoms with Gasteiger partial charge in [0.2, 0.25) is 11.8 Å². The topological polar surface area (TPSA) is 99.1 Å². The molecule has 6 nitrogen and oxygen atoms in total. The second-order valence-corrected chi connectivity index (χ2v) is 4.21. The highest BCUT2D eigenvalue weighted by Gasteiger charge is 2.06. The average molecular weight is 273 g/mol. The van der Waals surface area contributed by atoms with Crippen molar-refractivity contribution in [3.05, 3.63) is 24.3 Å². The van der Waals surface area contributed by atoms with E-state index >= 15 is 0 Å². The summed E-state index contributed by atoms with van der Waals surface area (Å²) in [5.41, 5.74) is 1.02. The van der Waals surface area contributed by atoms with Gasteiger partial charge in [0, 0.05) is 24.2 Å². The van der Waals surface area contributed by atoms with Crippen LogP contribution in [0.3, 0.4) is 0 Å². The summed E-state index contributed by atoms with van der Waals surface area (Å²) < 4.78 is 0. The van der Waals surface area contributed by atoms with E-state index in [2.05, 4.69) is 10.6 Å². The minimum atomic E-state index is -0.410. The SMILES string of the molecule is CC(=O)CCC(=O)Nc1cccc(NC(=O)CC#N)c1. The molecule has 0 aliphatic heterocycles. The molecule has 1 aromatic carbocycles. The minimum Gasteiger partial charge on any atom is -0.326 e. The van der Waals surface area contributed by atoms with Gasteiger partial charge in [-0.15, -0.1) is 0 Å². The first-order valence-corrected chi connectivity index (χ1v) is 6.07. The van der Waals surface area contributed by atoms with E-state index in [1.807, 2.05) is 0 Å². The number of nitriles is 1. The number of ketones is 1. The van der Waals surface area contributed by atoms with Crippen LogP contribution in [-0.4, -0.2) is 17.6 Å². The number of benzene rings is 1. The van der Waals surface area contributed by atoms with Gasteiger partial charge in [0.05, 0.1) is 6.07 Å². The summed E-state index contributed by atoms with van der Waals surface area (Å²) >= 11 is 0. The number of carbonyl (C=O) groups is 3. The summed E-state index contributed by atoms with van der Waals surface area (Å²) in [5, 5.41) is 13.6. The van der Waals surface area contributed by atoms with Gasteiger partial charge in [0.15, 0.2) is 0 Å². The van der Waals surface area contributed by atoms with Gasteiger partial charge in [-0.25, -0.2) is 0 Å². The third kappa shape index (κ3) is 5.78. The molecule has 20 heavy (non-hydrogen) atoms. The normalized spacial score (nSPS) is 9.40. The largest absolute Gasteiger partial charge is 0.326 e. The second kappa shape index (κ2) is 7.69. The molecule has 2 amide bonds. The van der Waals surface area contributed by atoms with Gasteiger partial charge in [0.25, 0.3) is 0 Å². The standard InChI is InChI=1S/C14H15N3O3/c1-10(18)5-6-13(19)16-11-3-2-4-12(9-11)17-14(20)7-8-15/h2-4,9H,5-7H2,1H3,(H,16,19)(H,17,20). The molecular formula is C14H15N3O3. The van der Waals surface area contributed by atoms with Crippen LogP contribution in [0.2, 0.25) is 0 Å². The van der Waals surface area contributed by atoms with Gasteiger partial charge in [-0.2, -0.15) is 5.26 Å². The first-order chi connectivity index (χ1) is 9.51. The summed E-state index contributed by atoms with van der Waals surface area (Å²) in [6.07, 6.45) is 0.0972. The molecule has 0 bridgehead atoms. The lowest BCUT2D eigenvalue weighted by Crippen LogP contribution is -2.13. The molecule has 0 saturated carbocycles. The lowest BCUT2D eigenvalue weighted by atomic mass is 10.2. The predicted molar refractivity (Wildman–Crippen MR) is 73.8 cm³/mol. The molecule has 0 fully saturated rings. The Kier molecular flexibility index (Phi) is 5.91. The molecule has 0 atom stereocenters. The van der Waals surface area contributed by atoms with Gasteiger partial charge in [-0.3, -0.25) is 9.59 Å². The van der Waals surface area contributed by atoms with Crippen molar-refractivity contribution in [3.8, 4) is 6.07 Å². The third-order valence-electron chi connectivity index (χ3n) is 2.37. The molecule has 2 N–H and O–H groups in total. The number of nitrogens with one attached hydrogen (secondary N) is 2. The number of hydrogen-bond donors (Lipinski definition) is 2. The number of anilines is 2. The fraction of sp³-hybridized carbons (Fsp3) is 0.286. The van der Waals surface area contributed by atoms with Gasteiger partial charge < -0.3 is 15.4 Å². The van der Waals surface area contributed by atoms with Crippen molar-refractivity contribution in [3.63, 3.8) is 0 Å². The Balaban J connectivity index is 2.59. The summed E-state index contributed by atoms with van der Waals surface area (Å²) in [7, 11) is 0. The summed E-state index contributed by atoms with van der Waals surface area (Å²) in [5.74, 6) is -0.717. The smallest absolute Gasteiger partial charge is 0.238 e. The first-order valence-electron chi connectivity index (χ1n) is 6.07. The van der Waals surface area contributed by atoms with E-state index in [4.69, 9.17) is 5.26 Å². The van der Waals surface area contributed by atoms with Crippen LogP contribution in [0.25, 0.3) is 0 Å². The van der Waals surface area contributed by atoms with E-state index in [9.17, 15) is 14.4 Å². The maximum Gasteiger partial charge on any atom is 0.238 e. The Hall–Kier alpha value is -2.68. The first kappa shape index (κ1) is 15.4. The maximum absolute atomic E-state index is 11.6.